The predicted octanol–water partition coefficient (Wildman–Crippen LogP) is 2.98. The van der Waals surface area contributed by atoms with Gasteiger partial charge in [-0.1, -0.05) is 29.9 Å². The number of aryl methyl sites for hydroxylation is 1. The van der Waals surface area contributed by atoms with Gasteiger partial charge in [0.05, 0.1) is 5.69 Å². The molecule has 88 valence electrons. The van der Waals surface area contributed by atoms with Crippen LogP contribution in [0.4, 0.5) is 0 Å². The van der Waals surface area contributed by atoms with Gasteiger partial charge in [0.25, 0.3) is 5.91 Å². The Morgan fingerprint density at radius 3 is 2.94 bits per heavy atom. The average molecular weight is 259 g/mol. The molecule has 1 saturated heterocycles. The van der Waals surface area contributed by atoms with Crippen LogP contribution in [0.25, 0.3) is 0 Å². The Labute approximate surface area is 104 Å². The highest BCUT2D eigenvalue weighted by Crippen LogP contribution is 2.25. The van der Waals surface area contributed by atoms with Gasteiger partial charge in [0.1, 0.15) is 4.88 Å². The van der Waals surface area contributed by atoms with Crippen LogP contribution in [0, 0.1) is 12.8 Å². The van der Waals surface area contributed by atoms with Gasteiger partial charge in [0.2, 0.25) is 0 Å². The van der Waals surface area contributed by atoms with Crippen LogP contribution in [0.1, 0.15) is 35.1 Å². The Morgan fingerprint density at radius 1 is 1.62 bits per heavy atom. The van der Waals surface area contributed by atoms with Gasteiger partial charge in [0.15, 0.2) is 4.47 Å². The molecule has 0 N–H and O–H groups in total. The normalized spacial score (nSPS) is 21.2. The number of piperidine rings is 1. The number of halogens is 1. The van der Waals surface area contributed by atoms with Crippen molar-refractivity contribution in [2.24, 2.45) is 5.92 Å². The second-order valence-corrected chi connectivity index (χ2v) is 5.96. The maximum absolute atomic E-state index is 12.2. The van der Waals surface area contributed by atoms with E-state index in [-0.39, 0.29) is 5.91 Å². The number of rotatable bonds is 1. The average Bonchev–Trinajstić information content (AvgIpc) is 2.57. The van der Waals surface area contributed by atoms with Crippen molar-refractivity contribution in [1.29, 1.82) is 0 Å². The minimum absolute atomic E-state index is 0.0912. The lowest BCUT2D eigenvalue weighted by molar-refractivity contribution is 0.0687. The van der Waals surface area contributed by atoms with Crippen LogP contribution in [0.5, 0.6) is 0 Å². The smallest absolute Gasteiger partial charge is 0.265 e. The van der Waals surface area contributed by atoms with Crippen molar-refractivity contribution < 1.29 is 4.79 Å². The van der Waals surface area contributed by atoms with E-state index in [1.165, 1.54) is 17.8 Å². The fraction of sp³-hybridized carbons (Fsp3) is 0.636. The Kier molecular flexibility index (Phi) is 3.50. The monoisotopic (exact) mass is 258 g/mol. The number of thiazole rings is 1. The summed E-state index contributed by atoms with van der Waals surface area (Å²) in [5.41, 5.74) is 0.748. The second kappa shape index (κ2) is 4.72. The summed E-state index contributed by atoms with van der Waals surface area (Å²) < 4.78 is 0.450. The lowest BCUT2D eigenvalue weighted by Gasteiger charge is -2.30. The first-order valence-corrected chi connectivity index (χ1v) is 6.69. The Balaban J connectivity index is 2.15. The first-order valence-electron chi connectivity index (χ1n) is 5.50. The summed E-state index contributed by atoms with van der Waals surface area (Å²) in [7, 11) is 0. The number of amides is 1. The van der Waals surface area contributed by atoms with Gasteiger partial charge in [-0.05, 0) is 25.7 Å². The van der Waals surface area contributed by atoms with Crippen LogP contribution in [-0.2, 0) is 0 Å². The van der Waals surface area contributed by atoms with Crippen molar-refractivity contribution in [1.82, 2.24) is 9.88 Å². The van der Waals surface area contributed by atoms with Crippen LogP contribution in [0.2, 0.25) is 4.47 Å². The molecule has 1 aromatic heterocycles. The zero-order valence-electron chi connectivity index (χ0n) is 9.49. The summed E-state index contributed by atoms with van der Waals surface area (Å²) in [6.45, 7) is 5.74. The van der Waals surface area contributed by atoms with Crippen LogP contribution in [0.3, 0.4) is 0 Å². The Morgan fingerprint density at radius 2 is 2.38 bits per heavy atom. The number of carbonyl (C=O) groups is 1. The van der Waals surface area contributed by atoms with Gasteiger partial charge < -0.3 is 4.90 Å². The molecule has 1 aromatic rings. The van der Waals surface area contributed by atoms with Gasteiger partial charge in [-0.25, -0.2) is 4.98 Å². The highest BCUT2D eigenvalue weighted by Gasteiger charge is 2.25. The fourth-order valence-corrected chi connectivity index (χ4v) is 3.20. The van der Waals surface area contributed by atoms with Crippen molar-refractivity contribution in [3.05, 3.63) is 15.0 Å². The molecular formula is C11H15ClN2OS. The van der Waals surface area contributed by atoms with E-state index in [2.05, 4.69) is 11.9 Å². The molecule has 0 bridgehead atoms. The molecule has 0 aliphatic carbocycles. The maximum Gasteiger partial charge on any atom is 0.265 e. The third-order valence-electron chi connectivity index (χ3n) is 2.91. The molecule has 5 heteroatoms. The topological polar surface area (TPSA) is 33.2 Å². The molecule has 1 aliphatic heterocycles. The molecule has 0 saturated carbocycles. The van der Waals surface area contributed by atoms with E-state index in [4.69, 9.17) is 11.6 Å². The van der Waals surface area contributed by atoms with E-state index >= 15 is 0 Å². The Hall–Kier alpha value is -0.610. The number of likely N-dealkylation sites (tertiary alicyclic amines) is 1. The predicted molar refractivity (Wildman–Crippen MR) is 66.2 cm³/mol. The van der Waals surface area contributed by atoms with E-state index in [1.54, 1.807) is 0 Å². The largest absolute Gasteiger partial charge is 0.338 e. The summed E-state index contributed by atoms with van der Waals surface area (Å²) in [6, 6.07) is 0. The Bertz CT molecular complexity index is 405. The van der Waals surface area contributed by atoms with E-state index in [0.717, 1.165) is 25.2 Å². The van der Waals surface area contributed by atoms with Crippen LogP contribution in [0.15, 0.2) is 0 Å². The van der Waals surface area contributed by atoms with Crippen LogP contribution < -0.4 is 0 Å². The summed E-state index contributed by atoms with van der Waals surface area (Å²) in [6.07, 6.45) is 2.31. The van der Waals surface area contributed by atoms with Gasteiger partial charge in [-0.3, -0.25) is 4.79 Å². The van der Waals surface area contributed by atoms with E-state index in [0.29, 0.717) is 15.3 Å². The molecule has 0 aromatic carbocycles. The van der Waals surface area contributed by atoms with Crippen molar-refractivity contribution in [2.45, 2.75) is 26.7 Å². The first kappa shape index (κ1) is 11.9. The van der Waals surface area contributed by atoms with Crippen LogP contribution in [-0.4, -0.2) is 28.9 Å². The minimum Gasteiger partial charge on any atom is -0.338 e. The number of nitrogens with zero attached hydrogens (tertiary/aromatic N) is 2. The molecule has 1 aliphatic rings. The van der Waals surface area contributed by atoms with Crippen LogP contribution >= 0.6 is 22.9 Å². The van der Waals surface area contributed by atoms with Crippen molar-refractivity contribution in [3.8, 4) is 0 Å². The van der Waals surface area contributed by atoms with Crippen molar-refractivity contribution in [2.75, 3.05) is 13.1 Å². The molecular weight excluding hydrogens is 244 g/mol. The summed E-state index contributed by atoms with van der Waals surface area (Å²) in [4.78, 5) is 18.9. The van der Waals surface area contributed by atoms with Gasteiger partial charge >= 0.3 is 0 Å². The third kappa shape index (κ3) is 2.38. The van der Waals surface area contributed by atoms with E-state index < -0.39 is 0 Å². The zero-order valence-corrected chi connectivity index (χ0v) is 11.1. The SMILES string of the molecule is Cc1nc(Cl)sc1C(=O)N1CCC[C@H](C)C1. The molecule has 0 radical (unpaired) electrons. The highest BCUT2D eigenvalue weighted by atomic mass is 35.5. The van der Waals surface area contributed by atoms with Crippen molar-refractivity contribution in [3.63, 3.8) is 0 Å². The molecule has 1 fully saturated rings. The number of carbonyl (C=O) groups excluding carboxylic acids is 1. The van der Waals surface area contributed by atoms with Gasteiger partial charge in [-0.15, -0.1) is 0 Å². The standard InChI is InChI=1S/C11H15ClN2OS/c1-7-4-3-5-14(6-7)10(15)9-8(2)13-11(12)16-9/h7H,3-6H2,1-2H3/t7-/m0/s1. The zero-order chi connectivity index (χ0) is 11.7. The second-order valence-electron chi connectivity index (χ2n) is 4.38. The fourth-order valence-electron chi connectivity index (χ4n) is 2.08. The van der Waals surface area contributed by atoms with E-state index in [9.17, 15) is 4.79 Å². The highest BCUT2D eigenvalue weighted by molar-refractivity contribution is 7.17. The lowest BCUT2D eigenvalue weighted by atomic mass is 10.0. The molecule has 2 rings (SSSR count). The molecule has 1 amide bonds. The molecule has 0 unspecified atom stereocenters. The summed E-state index contributed by atoms with van der Waals surface area (Å²) in [5, 5.41) is 0. The number of hydrogen-bond donors (Lipinski definition) is 0. The van der Waals surface area contributed by atoms with Gasteiger partial charge in [0, 0.05) is 13.1 Å². The van der Waals surface area contributed by atoms with Gasteiger partial charge in [-0.2, -0.15) is 0 Å². The minimum atomic E-state index is 0.0912. The third-order valence-corrected chi connectivity index (χ3v) is 4.16. The quantitative estimate of drug-likeness (QED) is 0.776. The first-order chi connectivity index (χ1) is 7.58. The molecule has 0 spiro atoms. The van der Waals surface area contributed by atoms with Crippen molar-refractivity contribution >= 4 is 28.8 Å². The summed E-state index contributed by atoms with van der Waals surface area (Å²) >= 11 is 7.09. The number of aromatic nitrogens is 1. The molecule has 2 heterocycles. The maximum atomic E-state index is 12.2. The summed E-state index contributed by atoms with van der Waals surface area (Å²) in [5.74, 6) is 0.690. The lowest BCUT2D eigenvalue weighted by Crippen LogP contribution is -2.39. The van der Waals surface area contributed by atoms with E-state index in [1.807, 2.05) is 11.8 Å². The molecule has 1 atom stereocenters. The molecule has 3 nitrogen and oxygen atoms in total. The number of hydrogen-bond acceptors (Lipinski definition) is 3. The molecule has 16 heavy (non-hydrogen) atoms.